The number of rotatable bonds is 4. The fraction of sp³-hybridized carbons (Fsp3) is 0.696. The molecular weight excluding hydrogens is 410 g/mol. The Labute approximate surface area is 187 Å². The standard InChI is InChI=1S/C23H33N5O2S/c1-15-5-6-17-18(13-15)31-23-20(17)22(30)24-21(25-23)16(2)27-11-9-26(10-12-27)14-19(29)28-7-3-4-8-28/h15-16H,3-14H2,1-2H3,(H,24,25,30). The molecule has 2 aromatic heterocycles. The zero-order valence-corrected chi connectivity index (χ0v) is 19.5. The van der Waals surface area contributed by atoms with Crippen molar-refractivity contribution in [2.45, 2.75) is 52.0 Å². The first-order valence-corrected chi connectivity index (χ1v) is 12.6. The summed E-state index contributed by atoms with van der Waals surface area (Å²) >= 11 is 1.72. The van der Waals surface area contributed by atoms with Gasteiger partial charge in [0.05, 0.1) is 18.0 Å². The van der Waals surface area contributed by atoms with E-state index in [0.29, 0.717) is 12.5 Å². The molecule has 2 saturated heterocycles. The maximum absolute atomic E-state index is 12.9. The molecule has 2 atom stereocenters. The Morgan fingerprint density at radius 1 is 1.19 bits per heavy atom. The van der Waals surface area contributed by atoms with Crippen LogP contribution in [-0.4, -0.2) is 76.4 Å². The van der Waals surface area contributed by atoms with E-state index in [4.69, 9.17) is 4.98 Å². The highest BCUT2D eigenvalue weighted by Crippen LogP contribution is 2.36. The van der Waals surface area contributed by atoms with Gasteiger partial charge in [-0.15, -0.1) is 11.3 Å². The molecule has 1 aliphatic carbocycles. The van der Waals surface area contributed by atoms with E-state index in [2.05, 4.69) is 28.6 Å². The van der Waals surface area contributed by atoms with Crippen molar-refractivity contribution in [2.24, 2.45) is 5.92 Å². The summed E-state index contributed by atoms with van der Waals surface area (Å²) in [5.41, 5.74) is 1.26. The van der Waals surface area contributed by atoms with E-state index >= 15 is 0 Å². The Kier molecular flexibility index (Phi) is 5.88. The second-order valence-electron chi connectivity index (χ2n) is 9.56. The van der Waals surface area contributed by atoms with E-state index in [1.807, 2.05) is 4.90 Å². The van der Waals surface area contributed by atoms with Crippen molar-refractivity contribution < 1.29 is 4.79 Å². The van der Waals surface area contributed by atoms with E-state index < -0.39 is 0 Å². The monoisotopic (exact) mass is 443 g/mol. The lowest BCUT2D eigenvalue weighted by Gasteiger charge is -2.37. The van der Waals surface area contributed by atoms with Gasteiger partial charge in [0.25, 0.3) is 5.56 Å². The molecule has 0 aromatic carbocycles. The number of carbonyl (C=O) groups excluding carboxylic acids is 1. The Morgan fingerprint density at radius 2 is 1.94 bits per heavy atom. The fourth-order valence-electron chi connectivity index (χ4n) is 5.30. The molecule has 168 valence electrons. The Hall–Kier alpha value is -1.77. The molecule has 2 fully saturated rings. The second-order valence-corrected chi connectivity index (χ2v) is 10.6. The molecule has 2 aromatic rings. The van der Waals surface area contributed by atoms with Crippen molar-refractivity contribution in [3.63, 3.8) is 0 Å². The van der Waals surface area contributed by atoms with Gasteiger partial charge in [-0.2, -0.15) is 0 Å². The molecule has 2 aliphatic heterocycles. The third-order valence-electron chi connectivity index (χ3n) is 7.35. The number of fused-ring (bicyclic) bond motifs is 3. The van der Waals surface area contributed by atoms with Gasteiger partial charge in [0.2, 0.25) is 5.91 Å². The van der Waals surface area contributed by atoms with Crippen LogP contribution in [0.25, 0.3) is 10.2 Å². The lowest BCUT2D eigenvalue weighted by molar-refractivity contribution is -0.131. The summed E-state index contributed by atoms with van der Waals surface area (Å²) in [5, 5.41) is 0.827. The average Bonchev–Trinajstić information content (AvgIpc) is 3.41. The molecule has 1 amide bonds. The number of thiophene rings is 1. The maximum Gasteiger partial charge on any atom is 0.259 e. The summed E-state index contributed by atoms with van der Waals surface area (Å²) in [6.45, 7) is 10.3. The van der Waals surface area contributed by atoms with Crippen LogP contribution in [0.2, 0.25) is 0 Å². The number of aromatic nitrogens is 2. The third-order valence-corrected chi connectivity index (χ3v) is 8.50. The minimum atomic E-state index is 0.0220. The van der Waals surface area contributed by atoms with Crippen molar-refractivity contribution in [2.75, 3.05) is 45.8 Å². The van der Waals surface area contributed by atoms with E-state index in [9.17, 15) is 9.59 Å². The third kappa shape index (κ3) is 4.17. The van der Waals surface area contributed by atoms with Crippen LogP contribution < -0.4 is 5.56 Å². The summed E-state index contributed by atoms with van der Waals surface area (Å²) in [4.78, 5) is 42.3. The topological polar surface area (TPSA) is 72.5 Å². The van der Waals surface area contributed by atoms with Gasteiger partial charge >= 0.3 is 0 Å². The van der Waals surface area contributed by atoms with Gasteiger partial charge in [-0.25, -0.2) is 4.98 Å². The number of nitrogens with zero attached hydrogens (tertiary/aromatic N) is 4. The zero-order chi connectivity index (χ0) is 21.5. The molecular formula is C23H33N5O2S. The Bertz CT molecular complexity index is 1020. The summed E-state index contributed by atoms with van der Waals surface area (Å²) in [7, 11) is 0. The van der Waals surface area contributed by atoms with E-state index in [0.717, 1.165) is 87.4 Å². The van der Waals surface area contributed by atoms with Crippen LogP contribution >= 0.6 is 11.3 Å². The van der Waals surface area contributed by atoms with Crippen molar-refractivity contribution in [1.29, 1.82) is 0 Å². The summed E-state index contributed by atoms with van der Waals surface area (Å²) in [6.07, 6.45) is 5.49. The minimum absolute atomic E-state index is 0.0220. The second kappa shape index (κ2) is 8.64. The first kappa shape index (κ1) is 21.1. The number of hydrogen-bond donors (Lipinski definition) is 1. The minimum Gasteiger partial charge on any atom is -0.342 e. The van der Waals surface area contributed by atoms with Crippen LogP contribution in [0.4, 0.5) is 0 Å². The van der Waals surface area contributed by atoms with Gasteiger partial charge in [0.15, 0.2) is 0 Å². The van der Waals surface area contributed by atoms with Crippen LogP contribution in [0.1, 0.15) is 55.4 Å². The normalized spacial score (nSPS) is 23.9. The van der Waals surface area contributed by atoms with Crippen molar-refractivity contribution in [1.82, 2.24) is 24.7 Å². The summed E-state index contributed by atoms with van der Waals surface area (Å²) in [5.74, 6) is 1.73. The van der Waals surface area contributed by atoms with E-state index in [1.165, 1.54) is 10.4 Å². The number of likely N-dealkylation sites (tertiary alicyclic amines) is 1. The number of H-pyrrole nitrogens is 1. The van der Waals surface area contributed by atoms with Gasteiger partial charge in [0.1, 0.15) is 10.7 Å². The maximum atomic E-state index is 12.9. The smallest absolute Gasteiger partial charge is 0.259 e. The molecule has 4 heterocycles. The number of amides is 1. The SMILES string of the molecule is CC1CCc2c(sc3nc(C(C)N4CCN(CC(=O)N5CCCC5)CC4)[nH]c(=O)c23)C1. The molecule has 1 N–H and O–H groups in total. The molecule has 0 spiro atoms. The summed E-state index contributed by atoms with van der Waals surface area (Å²) in [6, 6.07) is 0.0617. The van der Waals surface area contributed by atoms with Crippen molar-refractivity contribution in [3.05, 3.63) is 26.6 Å². The quantitative estimate of drug-likeness (QED) is 0.786. The lowest BCUT2D eigenvalue weighted by Crippen LogP contribution is -2.50. The largest absolute Gasteiger partial charge is 0.342 e. The fourth-order valence-corrected chi connectivity index (χ4v) is 6.69. The molecule has 2 unspecified atom stereocenters. The molecule has 8 heteroatoms. The molecule has 0 radical (unpaired) electrons. The molecule has 5 rings (SSSR count). The van der Waals surface area contributed by atoms with Crippen LogP contribution in [0.3, 0.4) is 0 Å². The number of hydrogen-bond acceptors (Lipinski definition) is 6. The van der Waals surface area contributed by atoms with Crippen LogP contribution in [-0.2, 0) is 17.6 Å². The highest BCUT2D eigenvalue weighted by atomic mass is 32.1. The zero-order valence-electron chi connectivity index (χ0n) is 18.7. The van der Waals surface area contributed by atoms with Crippen LogP contribution in [0, 0.1) is 5.92 Å². The van der Waals surface area contributed by atoms with Gasteiger partial charge < -0.3 is 9.88 Å². The van der Waals surface area contributed by atoms with Gasteiger partial charge in [-0.3, -0.25) is 19.4 Å². The average molecular weight is 444 g/mol. The lowest BCUT2D eigenvalue weighted by atomic mass is 9.89. The van der Waals surface area contributed by atoms with E-state index in [-0.39, 0.29) is 17.5 Å². The molecule has 7 nitrogen and oxygen atoms in total. The number of piperazine rings is 1. The Morgan fingerprint density at radius 3 is 2.68 bits per heavy atom. The van der Waals surface area contributed by atoms with Gasteiger partial charge in [-0.05, 0) is 50.5 Å². The van der Waals surface area contributed by atoms with E-state index in [1.54, 1.807) is 11.3 Å². The molecule has 31 heavy (non-hydrogen) atoms. The predicted molar refractivity (Wildman–Crippen MR) is 124 cm³/mol. The van der Waals surface area contributed by atoms with Crippen molar-refractivity contribution in [3.8, 4) is 0 Å². The number of nitrogens with one attached hydrogen (secondary N) is 1. The number of aromatic amines is 1. The molecule has 0 saturated carbocycles. The van der Waals surface area contributed by atoms with Crippen LogP contribution in [0.5, 0.6) is 0 Å². The molecule has 0 bridgehead atoms. The predicted octanol–water partition coefficient (Wildman–Crippen LogP) is 2.41. The first-order chi connectivity index (χ1) is 15.0. The molecule has 3 aliphatic rings. The van der Waals surface area contributed by atoms with Gasteiger partial charge in [0, 0.05) is 44.1 Å². The summed E-state index contributed by atoms with van der Waals surface area (Å²) < 4.78 is 0. The Balaban J connectivity index is 1.26. The van der Waals surface area contributed by atoms with Crippen LogP contribution in [0.15, 0.2) is 4.79 Å². The highest BCUT2D eigenvalue weighted by molar-refractivity contribution is 7.18. The first-order valence-electron chi connectivity index (χ1n) is 11.8. The van der Waals surface area contributed by atoms with Gasteiger partial charge in [-0.1, -0.05) is 6.92 Å². The number of carbonyl (C=O) groups is 1. The highest BCUT2D eigenvalue weighted by Gasteiger charge is 2.28. The number of aryl methyl sites for hydroxylation is 1. The van der Waals surface area contributed by atoms with Crippen molar-refractivity contribution >= 4 is 27.5 Å².